The van der Waals surface area contributed by atoms with E-state index in [4.69, 9.17) is 0 Å². The van der Waals surface area contributed by atoms with Crippen LogP contribution in [0.4, 0.5) is 11.4 Å². The zero-order chi connectivity index (χ0) is 24.4. The van der Waals surface area contributed by atoms with Crippen molar-refractivity contribution in [3.05, 3.63) is 23.8 Å². The van der Waals surface area contributed by atoms with Gasteiger partial charge in [-0.25, -0.2) is 0 Å². The van der Waals surface area contributed by atoms with Gasteiger partial charge in [-0.1, -0.05) is 96.5 Å². The Labute approximate surface area is 208 Å². The number of hydrogen-bond acceptors (Lipinski definition) is 3. The number of amides is 2. The highest BCUT2D eigenvalue weighted by Crippen LogP contribution is 2.31. The fraction of sp³-hybridized carbons (Fsp3) is 0.724. The molecule has 0 radical (unpaired) electrons. The quantitative estimate of drug-likeness (QED) is 0.174. The molecule has 0 atom stereocenters. The minimum atomic E-state index is -0.0425. The normalized spacial score (nSPS) is 13.1. The Balaban J connectivity index is 1.42. The molecule has 1 aliphatic carbocycles. The molecule has 0 saturated heterocycles. The highest BCUT2D eigenvalue weighted by atomic mass is 16.2. The maximum atomic E-state index is 12.3. The van der Waals surface area contributed by atoms with Crippen molar-refractivity contribution >= 4 is 23.2 Å². The molecule has 0 unspecified atom stereocenters. The van der Waals surface area contributed by atoms with Crippen molar-refractivity contribution < 1.29 is 9.59 Å². The van der Waals surface area contributed by atoms with E-state index in [-0.39, 0.29) is 17.7 Å². The minimum absolute atomic E-state index is 0.0425. The average molecular weight is 472 g/mol. The molecule has 0 heterocycles. The lowest BCUT2D eigenvalue weighted by molar-refractivity contribution is -0.117. The second-order valence-corrected chi connectivity index (χ2v) is 10.1. The van der Waals surface area contributed by atoms with Gasteiger partial charge in [0.15, 0.2) is 0 Å². The van der Waals surface area contributed by atoms with Gasteiger partial charge >= 0.3 is 0 Å². The van der Waals surface area contributed by atoms with Gasteiger partial charge in [0.25, 0.3) is 0 Å². The van der Waals surface area contributed by atoms with Gasteiger partial charge in [0.1, 0.15) is 0 Å². The van der Waals surface area contributed by atoms with Crippen molar-refractivity contribution in [2.75, 3.05) is 23.7 Å². The van der Waals surface area contributed by atoms with Crippen molar-refractivity contribution in [3.63, 3.8) is 0 Å². The molecule has 1 aromatic rings. The van der Waals surface area contributed by atoms with Crippen LogP contribution >= 0.6 is 0 Å². The molecule has 0 aromatic heterocycles. The molecule has 1 saturated carbocycles. The van der Waals surface area contributed by atoms with Crippen LogP contribution in [0.15, 0.2) is 18.2 Å². The van der Waals surface area contributed by atoms with E-state index < -0.39 is 0 Å². The SMILES string of the molecule is CCCCCCCCCCCCCCCCNCC(=O)Nc1cccc(NC(=O)C2CC2)c1C. The number of anilines is 2. The molecule has 1 aromatic carbocycles. The molecule has 5 nitrogen and oxygen atoms in total. The van der Waals surface area contributed by atoms with Crippen LogP contribution in [0.3, 0.4) is 0 Å². The summed E-state index contributed by atoms with van der Waals surface area (Å²) in [6.45, 7) is 5.40. The molecule has 2 rings (SSSR count). The second-order valence-electron chi connectivity index (χ2n) is 10.1. The van der Waals surface area contributed by atoms with E-state index >= 15 is 0 Å². The van der Waals surface area contributed by atoms with E-state index in [1.807, 2.05) is 25.1 Å². The van der Waals surface area contributed by atoms with Crippen molar-refractivity contribution in [3.8, 4) is 0 Å². The summed E-state index contributed by atoms with van der Waals surface area (Å²) in [4.78, 5) is 24.3. The van der Waals surface area contributed by atoms with Crippen LogP contribution in [-0.4, -0.2) is 24.9 Å². The van der Waals surface area contributed by atoms with Crippen molar-refractivity contribution in [1.29, 1.82) is 0 Å². The average Bonchev–Trinajstić information content (AvgIpc) is 3.67. The van der Waals surface area contributed by atoms with Crippen molar-refractivity contribution in [2.24, 2.45) is 5.92 Å². The van der Waals surface area contributed by atoms with Crippen LogP contribution in [0.2, 0.25) is 0 Å². The zero-order valence-electron chi connectivity index (χ0n) is 21.9. The van der Waals surface area contributed by atoms with E-state index in [1.165, 1.54) is 83.5 Å². The summed E-state index contributed by atoms with van der Waals surface area (Å²) in [7, 11) is 0. The first-order valence-electron chi connectivity index (χ1n) is 14.0. The van der Waals surface area contributed by atoms with Gasteiger partial charge in [0, 0.05) is 17.3 Å². The molecule has 0 bridgehead atoms. The number of carbonyl (C=O) groups is 2. The maximum absolute atomic E-state index is 12.3. The molecule has 0 spiro atoms. The van der Waals surface area contributed by atoms with Crippen molar-refractivity contribution in [2.45, 2.75) is 117 Å². The zero-order valence-corrected chi connectivity index (χ0v) is 21.9. The second kappa shape index (κ2) is 17.5. The summed E-state index contributed by atoms with van der Waals surface area (Å²) >= 11 is 0. The Hall–Kier alpha value is -1.88. The third kappa shape index (κ3) is 12.5. The minimum Gasteiger partial charge on any atom is -0.326 e. The first-order chi connectivity index (χ1) is 16.6. The van der Waals surface area contributed by atoms with Crippen LogP contribution in [0, 0.1) is 12.8 Å². The fourth-order valence-electron chi connectivity index (χ4n) is 4.33. The number of benzene rings is 1. The molecule has 192 valence electrons. The topological polar surface area (TPSA) is 70.2 Å². The predicted octanol–water partition coefficient (Wildman–Crippen LogP) is 7.35. The molecular formula is C29H49N3O2. The summed E-state index contributed by atoms with van der Waals surface area (Å²) < 4.78 is 0. The third-order valence-electron chi connectivity index (χ3n) is 6.81. The summed E-state index contributed by atoms with van der Waals surface area (Å²) in [5, 5.41) is 9.21. The maximum Gasteiger partial charge on any atom is 0.238 e. The van der Waals surface area contributed by atoms with Gasteiger partial charge in [-0.2, -0.15) is 0 Å². The van der Waals surface area contributed by atoms with Gasteiger partial charge in [0.05, 0.1) is 6.54 Å². The number of rotatable bonds is 20. The fourth-order valence-corrected chi connectivity index (χ4v) is 4.33. The molecule has 5 heteroatoms. The third-order valence-corrected chi connectivity index (χ3v) is 6.81. The molecule has 3 N–H and O–H groups in total. The molecule has 34 heavy (non-hydrogen) atoms. The molecule has 1 fully saturated rings. The largest absolute Gasteiger partial charge is 0.326 e. The van der Waals surface area contributed by atoms with Crippen LogP contribution in [0.25, 0.3) is 0 Å². The van der Waals surface area contributed by atoms with Crippen LogP contribution < -0.4 is 16.0 Å². The van der Waals surface area contributed by atoms with Crippen LogP contribution in [-0.2, 0) is 9.59 Å². The van der Waals surface area contributed by atoms with Gasteiger partial charge in [0.2, 0.25) is 11.8 Å². The predicted molar refractivity (Wildman–Crippen MR) is 144 cm³/mol. The van der Waals surface area contributed by atoms with E-state index in [1.54, 1.807) is 0 Å². The monoisotopic (exact) mass is 471 g/mol. The Morgan fingerprint density at radius 1 is 0.765 bits per heavy atom. The Morgan fingerprint density at radius 2 is 1.26 bits per heavy atom. The highest BCUT2D eigenvalue weighted by Gasteiger charge is 2.29. The number of nitrogens with one attached hydrogen (secondary N) is 3. The van der Waals surface area contributed by atoms with E-state index in [9.17, 15) is 9.59 Å². The van der Waals surface area contributed by atoms with Crippen molar-refractivity contribution in [1.82, 2.24) is 5.32 Å². The molecule has 2 amide bonds. The summed E-state index contributed by atoms with van der Waals surface area (Å²) in [5.74, 6) is 0.206. The highest BCUT2D eigenvalue weighted by molar-refractivity contribution is 5.97. The van der Waals surface area contributed by atoms with Crippen LogP contribution in [0.1, 0.15) is 115 Å². The van der Waals surface area contributed by atoms with E-state index in [0.29, 0.717) is 6.54 Å². The number of hydrogen-bond donors (Lipinski definition) is 3. The van der Waals surface area contributed by atoms with E-state index in [0.717, 1.165) is 42.7 Å². The Bertz CT molecular complexity index is 715. The molecule has 0 aliphatic heterocycles. The lowest BCUT2D eigenvalue weighted by Gasteiger charge is -2.13. The standard InChI is InChI=1S/C29H49N3O2/c1-3-4-5-6-7-8-9-10-11-12-13-14-15-16-22-30-23-28(33)31-26-18-17-19-27(24(26)2)32-29(34)25-20-21-25/h17-19,25,30H,3-16,20-23H2,1-2H3,(H,31,33)(H,32,34). The summed E-state index contributed by atoms with van der Waals surface area (Å²) in [6, 6.07) is 5.64. The first-order valence-corrected chi connectivity index (χ1v) is 14.0. The number of carbonyl (C=O) groups excluding carboxylic acids is 2. The molecular weight excluding hydrogens is 422 g/mol. The van der Waals surface area contributed by atoms with Gasteiger partial charge in [-0.3, -0.25) is 9.59 Å². The first kappa shape index (κ1) is 28.4. The van der Waals surface area contributed by atoms with Gasteiger partial charge in [-0.05, 0) is 50.4 Å². The summed E-state index contributed by atoms with van der Waals surface area (Å²) in [6.07, 6.45) is 20.9. The number of unbranched alkanes of at least 4 members (excludes halogenated alkanes) is 13. The van der Waals surface area contributed by atoms with Crippen LogP contribution in [0.5, 0.6) is 0 Å². The molecule has 1 aliphatic rings. The Kier molecular flexibility index (Phi) is 14.6. The Morgan fingerprint density at radius 3 is 1.79 bits per heavy atom. The summed E-state index contributed by atoms with van der Waals surface area (Å²) in [5.41, 5.74) is 2.44. The lowest BCUT2D eigenvalue weighted by atomic mass is 10.0. The lowest BCUT2D eigenvalue weighted by Crippen LogP contribution is -2.29. The van der Waals surface area contributed by atoms with Gasteiger partial charge < -0.3 is 16.0 Å². The smallest absolute Gasteiger partial charge is 0.238 e. The van der Waals surface area contributed by atoms with E-state index in [2.05, 4.69) is 22.9 Å². The van der Waals surface area contributed by atoms with Gasteiger partial charge in [-0.15, -0.1) is 0 Å².